The minimum Gasteiger partial charge on any atom is -0.370 e. The molecule has 0 aromatic heterocycles. The molecule has 2 atom stereocenters. The van der Waals surface area contributed by atoms with Gasteiger partial charge in [-0.1, -0.05) is 18.2 Å². The fourth-order valence-electron chi connectivity index (χ4n) is 2.51. The molecule has 1 amide bonds. The highest BCUT2D eigenvalue weighted by molar-refractivity contribution is 6.02. The van der Waals surface area contributed by atoms with E-state index in [1.807, 2.05) is 24.3 Å². The minimum atomic E-state index is 0.0357. The van der Waals surface area contributed by atoms with E-state index in [2.05, 4.69) is 12.2 Å². The van der Waals surface area contributed by atoms with E-state index < -0.39 is 0 Å². The topological polar surface area (TPSA) is 41.6 Å². The molecule has 0 spiro atoms. The molecule has 2 aliphatic heterocycles. The number of epoxide rings is 1. The lowest BCUT2D eigenvalue weighted by Gasteiger charge is -2.09. The van der Waals surface area contributed by atoms with Crippen LogP contribution >= 0.6 is 0 Å². The number of hydrogen-bond donors (Lipinski definition) is 1. The average molecular weight is 231 g/mol. The lowest BCUT2D eigenvalue weighted by atomic mass is 9.93. The van der Waals surface area contributed by atoms with Crippen LogP contribution in [0.4, 0.5) is 5.69 Å². The molecule has 0 aliphatic carbocycles. The second-order valence-corrected chi connectivity index (χ2v) is 5.26. The molecule has 1 N–H and O–H groups in total. The number of carbonyl (C=O) groups is 1. The highest BCUT2D eigenvalue weighted by atomic mass is 16.6. The normalized spacial score (nSPS) is 29.9. The second kappa shape index (κ2) is 3.84. The van der Waals surface area contributed by atoms with Crippen LogP contribution in [0.1, 0.15) is 37.7 Å². The molecule has 90 valence electrons. The Bertz CT molecular complexity index is 451. The number of para-hydroxylation sites is 1. The predicted molar refractivity (Wildman–Crippen MR) is 66.0 cm³/mol. The van der Waals surface area contributed by atoms with E-state index in [4.69, 9.17) is 4.74 Å². The summed E-state index contributed by atoms with van der Waals surface area (Å²) in [6, 6.07) is 7.98. The lowest BCUT2D eigenvalue weighted by molar-refractivity contribution is -0.117. The van der Waals surface area contributed by atoms with Crippen molar-refractivity contribution in [2.75, 3.05) is 11.9 Å². The Morgan fingerprint density at radius 3 is 3.00 bits per heavy atom. The standard InChI is InChI=1S/C14H17NO2/c1-14(9-17-14)8-4-6-11-10-5-2-3-7-12(10)15-13(11)16/h2-3,5,7,11H,4,6,8-9H2,1H3,(H,15,16). The van der Waals surface area contributed by atoms with Crippen LogP contribution in [0, 0.1) is 0 Å². The molecule has 3 heteroatoms. The molecule has 1 aromatic carbocycles. The quantitative estimate of drug-likeness (QED) is 0.809. The third kappa shape index (κ3) is 2.07. The van der Waals surface area contributed by atoms with Gasteiger partial charge in [0.1, 0.15) is 0 Å². The maximum Gasteiger partial charge on any atom is 0.232 e. The number of amides is 1. The zero-order valence-electron chi connectivity index (χ0n) is 10.0. The van der Waals surface area contributed by atoms with E-state index in [-0.39, 0.29) is 17.4 Å². The first-order valence-corrected chi connectivity index (χ1v) is 6.22. The number of benzene rings is 1. The maximum absolute atomic E-state index is 11.9. The number of nitrogens with one attached hydrogen (secondary N) is 1. The molecule has 0 bridgehead atoms. The van der Waals surface area contributed by atoms with Gasteiger partial charge in [0.05, 0.1) is 18.1 Å². The summed E-state index contributed by atoms with van der Waals surface area (Å²) in [5.41, 5.74) is 2.24. The smallest absolute Gasteiger partial charge is 0.232 e. The number of anilines is 1. The van der Waals surface area contributed by atoms with Crippen LogP contribution in [0.3, 0.4) is 0 Å². The van der Waals surface area contributed by atoms with Gasteiger partial charge in [-0.05, 0) is 37.8 Å². The van der Waals surface area contributed by atoms with E-state index in [1.165, 1.54) is 0 Å². The number of carbonyl (C=O) groups excluding carboxylic acids is 1. The van der Waals surface area contributed by atoms with Crippen molar-refractivity contribution in [2.24, 2.45) is 0 Å². The Kier molecular flexibility index (Phi) is 2.44. The Morgan fingerprint density at radius 1 is 1.47 bits per heavy atom. The summed E-state index contributed by atoms with van der Waals surface area (Å²) in [4.78, 5) is 11.9. The number of ether oxygens (including phenoxy) is 1. The van der Waals surface area contributed by atoms with Gasteiger partial charge in [-0.25, -0.2) is 0 Å². The average Bonchev–Trinajstić information content (AvgIpc) is 2.95. The summed E-state index contributed by atoms with van der Waals surface area (Å²) in [7, 11) is 0. The van der Waals surface area contributed by atoms with Crippen LogP contribution in [-0.2, 0) is 9.53 Å². The maximum atomic E-state index is 11.9. The zero-order valence-corrected chi connectivity index (χ0v) is 10.0. The number of hydrogen-bond acceptors (Lipinski definition) is 2. The zero-order chi connectivity index (χ0) is 11.9. The van der Waals surface area contributed by atoms with Crippen molar-refractivity contribution in [1.29, 1.82) is 0 Å². The summed E-state index contributed by atoms with van der Waals surface area (Å²) < 4.78 is 5.36. The molecule has 3 rings (SSSR count). The third-order valence-electron chi connectivity index (χ3n) is 3.75. The predicted octanol–water partition coefficient (Wildman–Crippen LogP) is 2.68. The fourth-order valence-corrected chi connectivity index (χ4v) is 2.51. The SMILES string of the molecule is CC1(CCCC2C(=O)Nc3ccccc32)CO1. The van der Waals surface area contributed by atoms with Gasteiger partial charge >= 0.3 is 0 Å². The van der Waals surface area contributed by atoms with Crippen molar-refractivity contribution in [1.82, 2.24) is 0 Å². The summed E-state index contributed by atoms with van der Waals surface area (Å²) in [5, 5.41) is 2.94. The van der Waals surface area contributed by atoms with Crippen LogP contribution in [0.25, 0.3) is 0 Å². The highest BCUT2D eigenvalue weighted by Gasteiger charge is 2.39. The molecule has 1 saturated heterocycles. The first kappa shape index (κ1) is 10.8. The largest absolute Gasteiger partial charge is 0.370 e. The van der Waals surface area contributed by atoms with Gasteiger partial charge in [0.15, 0.2) is 0 Å². The first-order chi connectivity index (χ1) is 8.18. The van der Waals surface area contributed by atoms with Crippen molar-refractivity contribution in [3.63, 3.8) is 0 Å². The van der Waals surface area contributed by atoms with Crippen molar-refractivity contribution in [2.45, 2.75) is 37.7 Å². The molecule has 0 radical (unpaired) electrons. The minimum absolute atomic E-state index is 0.0357. The van der Waals surface area contributed by atoms with Crippen LogP contribution in [0.2, 0.25) is 0 Å². The molecule has 2 heterocycles. The van der Waals surface area contributed by atoms with Crippen LogP contribution in [0.5, 0.6) is 0 Å². The van der Waals surface area contributed by atoms with E-state index >= 15 is 0 Å². The van der Waals surface area contributed by atoms with Gasteiger partial charge in [0.25, 0.3) is 0 Å². The van der Waals surface area contributed by atoms with Crippen molar-refractivity contribution in [3.8, 4) is 0 Å². The van der Waals surface area contributed by atoms with E-state index in [0.29, 0.717) is 0 Å². The molecule has 17 heavy (non-hydrogen) atoms. The molecule has 3 nitrogen and oxygen atoms in total. The van der Waals surface area contributed by atoms with E-state index in [1.54, 1.807) is 0 Å². The van der Waals surface area contributed by atoms with Gasteiger partial charge < -0.3 is 10.1 Å². The van der Waals surface area contributed by atoms with Gasteiger partial charge in [0, 0.05) is 5.69 Å². The molecule has 2 unspecified atom stereocenters. The molecule has 0 saturated carbocycles. The highest BCUT2D eigenvalue weighted by Crippen LogP contribution is 2.38. The number of fused-ring (bicyclic) bond motifs is 1. The van der Waals surface area contributed by atoms with Crippen molar-refractivity contribution in [3.05, 3.63) is 29.8 Å². The molecule has 1 aromatic rings. The fraction of sp³-hybridized carbons (Fsp3) is 0.500. The van der Waals surface area contributed by atoms with Crippen LogP contribution < -0.4 is 5.32 Å². The first-order valence-electron chi connectivity index (χ1n) is 6.22. The molecule has 2 aliphatic rings. The van der Waals surface area contributed by atoms with Crippen molar-refractivity contribution < 1.29 is 9.53 Å². The van der Waals surface area contributed by atoms with E-state index in [0.717, 1.165) is 37.1 Å². The Labute approximate surface area is 101 Å². The number of rotatable bonds is 4. The summed E-state index contributed by atoms with van der Waals surface area (Å²) in [6.45, 7) is 3.01. The Balaban J connectivity index is 1.64. The molecule has 1 fully saturated rings. The monoisotopic (exact) mass is 231 g/mol. The molecular weight excluding hydrogens is 214 g/mol. The van der Waals surface area contributed by atoms with Crippen molar-refractivity contribution >= 4 is 11.6 Å². The van der Waals surface area contributed by atoms with Gasteiger partial charge in [-0.3, -0.25) is 4.79 Å². The van der Waals surface area contributed by atoms with Gasteiger partial charge in [-0.2, -0.15) is 0 Å². The second-order valence-electron chi connectivity index (χ2n) is 5.26. The summed E-state index contributed by atoms with van der Waals surface area (Å²) in [6.07, 6.45) is 3.02. The Hall–Kier alpha value is -1.35. The Morgan fingerprint density at radius 2 is 2.24 bits per heavy atom. The van der Waals surface area contributed by atoms with Gasteiger partial charge in [0.2, 0.25) is 5.91 Å². The summed E-state index contributed by atoms with van der Waals surface area (Å²) >= 11 is 0. The third-order valence-corrected chi connectivity index (χ3v) is 3.75. The molecular formula is C14H17NO2. The van der Waals surface area contributed by atoms with E-state index in [9.17, 15) is 4.79 Å². The van der Waals surface area contributed by atoms with Gasteiger partial charge in [-0.15, -0.1) is 0 Å². The van der Waals surface area contributed by atoms with Crippen LogP contribution in [0.15, 0.2) is 24.3 Å². The lowest BCUT2D eigenvalue weighted by Crippen LogP contribution is -2.13. The van der Waals surface area contributed by atoms with Crippen LogP contribution in [-0.4, -0.2) is 18.1 Å². The summed E-state index contributed by atoms with van der Waals surface area (Å²) in [5.74, 6) is 0.182.